The molecule has 0 amide bonds. The summed E-state index contributed by atoms with van der Waals surface area (Å²) in [7, 11) is -3.57. The first kappa shape index (κ1) is 15.0. The van der Waals surface area contributed by atoms with Gasteiger partial charge in [-0.2, -0.15) is 0 Å². The Morgan fingerprint density at radius 2 is 2.00 bits per heavy atom. The monoisotopic (exact) mass is 311 g/mol. The Labute approximate surface area is 122 Å². The molecule has 0 atom stereocenters. The molecule has 0 aliphatic rings. The first-order chi connectivity index (χ1) is 9.29. The molecule has 2 aromatic rings. The molecule has 108 valence electrons. The third-order valence-corrected chi connectivity index (χ3v) is 5.37. The molecular formula is C13H17N3O2S2. The van der Waals surface area contributed by atoms with E-state index in [2.05, 4.69) is 9.71 Å². The highest BCUT2D eigenvalue weighted by Gasteiger charge is 2.16. The highest BCUT2D eigenvalue weighted by molar-refractivity contribution is 7.89. The molecule has 5 nitrogen and oxygen atoms in total. The van der Waals surface area contributed by atoms with Gasteiger partial charge < -0.3 is 5.73 Å². The van der Waals surface area contributed by atoms with Crippen LogP contribution in [-0.2, 0) is 16.6 Å². The molecular weight excluding hydrogens is 294 g/mol. The SMILES string of the molecule is Cc1cnc(CNS(=O)(=O)c2cc(C)c(C)c(N)c2)s1. The van der Waals surface area contributed by atoms with Crippen LogP contribution < -0.4 is 10.5 Å². The van der Waals surface area contributed by atoms with Crippen molar-refractivity contribution in [2.75, 3.05) is 5.73 Å². The van der Waals surface area contributed by atoms with Crippen LogP contribution in [0.3, 0.4) is 0 Å². The number of sulfonamides is 1. The number of nitrogen functional groups attached to an aromatic ring is 1. The minimum Gasteiger partial charge on any atom is -0.398 e. The highest BCUT2D eigenvalue weighted by Crippen LogP contribution is 2.21. The zero-order valence-corrected chi connectivity index (χ0v) is 13.2. The topological polar surface area (TPSA) is 85.1 Å². The summed E-state index contributed by atoms with van der Waals surface area (Å²) in [5.41, 5.74) is 8.07. The first-order valence-corrected chi connectivity index (χ1v) is 8.37. The molecule has 0 aliphatic carbocycles. The van der Waals surface area contributed by atoms with E-state index in [4.69, 9.17) is 5.73 Å². The molecule has 0 saturated carbocycles. The number of nitrogens with zero attached hydrogens (tertiary/aromatic N) is 1. The number of nitrogens with two attached hydrogens (primary N) is 1. The van der Waals surface area contributed by atoms with Crippen molar-refractivity contribution < 1.29 is 8.42 Å². The second kappa shape index (κ2) is 5.51. The normalized spacial score (nSPS) is 11.8. The van der Waals surface area contributed by atoms with E-state index in [0.29, 0.717) is 5.69 Å². The summed E-state index contributed by atoms with van der Waals surface area (Å²) in [5.74, 6) is 0. The number of aromatic nitrogens is 1. The molecule has 0 fully saturated rings. The third-order valence-electron chi connectivity index (χ3n) is 3.07. The van der Waals surface area contributed by atoms with E-state index in [-0.39, 0.29) is 11.4 Å². The molecule has 1 aromatic heterocycles. The van der Waals surface area contributed by atoms with E-state index >= 15 is 0 Å². The summed E-state index contributed by atoms with van der Waals surface area (Å²) >= 11 is 1.47. The second-order valence-electron chi connectivity index (χ2n) is 4.64. The van der Waals surface area contributed by atoms with Crippen molar-refractivity contribution in [2.45, 2.75) is 32.2 Å². The number of anilines is 1. The number of benzene rings is 1. The van der Waals surface area contributed by atoms with Gasteiger partial charge in [0, 0.05) is 16.8 Å². The van der Waals surface area contributed by atoms with Crippen molar-refractivity contribution >= 4 is 27.0 Å². The van der Waals surface area contributed by atoms with E-state index in [0.717, 1.165) is 21.0 Å². The average Bonchev–Trinajstić information content (AvgIpc) is 2.79. The van der Waals surface area contributed by atoms with Crippen LogP contribution in [0.5, 0.6) is 0 Å². The van der Waals surface area contributed by atoms with Gasteiger partial charge in [0.2, 0.25) is 10.0 Å². The van der Waals surface area contributed by atoms with E-state index in [1.165, 1.54) is 17.4 Å². The zero-order valence-electron chi connectivity index (χ0n) is 11.6. The molecule has 0 saturated heterocycles. The van der Waals surface area contributed by atoms with Crippen LogP contribution in [0.15, 0.2) is 23.2 Å². The lowest BCUT2D eigenvalue weighted by Crippen LogP contribution is -2.23. The van der Waals surface area contributed by atoms with Gasteiger partial charge in [0.15, 0.2) is 0 Å². The van der Waals surface area contributed by atoms with Crippen LogP contribution in [0.4, 0.5) is 5.69 Å². The molecule has 7 heteroatoms. The van der Waals surface area contributed by atoms with E-state index in [1.54, 1.807) is 12.3 Å². The number of hydrogen-bond donors (Lipinski definition) is 2. The molecule has 0 radical (unpaired) electrons. The molecule has 1 heterocycles. The molecule has 2 rings (SSSR count). The zero-order chi connectivity index (χ0) is 14.9. The van der Waals surface area contributed by atoms with Gasteiger partial charge in [0.1, 0.15) is 5.01 Å². The standard InChI is InChI=1S/C13H17N3O2S2/c1-8-4-11(5-12(14)10(8)3)20(17,18)16-7-13-15-6-9(2)19-13/h4-6,16H,7,14H2,1-3H3. The van der Waals surface area contributed by atoms with Gasteiger partial charge in [-0.25, -0.2) is 18.1 Å². The summed E-state index contributed by atoms with van der Waals surface area (Å²) in [4.78, 5) is 5.37. The molecule has 0 unspecified atom stereocenters. The lowest BCUT2D eigenvalue weighted by atomic mass is 10.1. The summed E-state index contributed by atoms with van der Waals surface area (Å²) < 4.78 is 27.0. The van der Waals surface area contributed by atoms with Crippen LogP contribution in [0.25, 0.3) is 0 Å². The van der Waals surface area contributed by atoms with E-state index in [1.807, 2.05) is 20.8 Å². The largest absolute Gasteiger partial charge is 0.398 e. The molecule has 0 spiro atoms. The first-order valence-electron chi connectivity index (χ1n) is 6.07. The molecule has 0 bridgehead atoms. The van der Waals surface area contributed by atoms with Crippen LogP contribution >= 0.6 is 11.3 Å². The number of hydrogen-bond acceptors (Lipinski definition) is 5. The lowest BCUT2D eigenvalue weighted by molar-refractivity contribution is 0.581. The maximum Gasteiger partial charge on any atom is 0.241 e. The highest BCUT2D eigenvalue weighted by atomic mass is 32.2. The Kier molecular flexibility index (Phi) is 4.12. The van der Waals surface area contributed by atoms with Crippen molar-refractivity contribution in [2.24, 2.45) is 0 Å². The van der Waals surface area contributed by atoms with Crippen LogP contribution in [0, 0.1) is 20.8 Å². The minimum absolute atomic E-state index is 0.186. The fraction of sp³-hybridized carbons (Fsp3) is 0.308. The van der Waals surface area contributed by atoms with Gasteiger partial charge in [-0.05, 0) is 44.0 Å². The maximum absolute atomic E-state index is 12.2. The summed E-state index contributed by atoms with van der Waals surface area (Å²) in [5, 5.41) is 0.739. The molecule has 3 N–H and O–H groups in total. The predicted molar refractivity (Wildman–Crippen MR) is 81.2 cm³/mol. The van der Waals surface area contributed by atoms with Crippen molar-refractivity contribution in [3.8, 4) is 0 Å². The van der Waals surface area contributed by atoms with Crippen molar-refractivity contribution in [3.63, 3.8) is 0 Å². The molecule has 0 aliphatic heterocycles. The Morgan fingerprint density at radius 3 is 2.55 bits per heavy atom. The van der Waals surface area contributed by atoms with Gasteiger partial charge in [-0.15, -0.1) is 11.3 Å². The summed E-state index contributed by atoms with van der Waals surface area (Å²) in [6.07, 6.45) is 1.72. The molecule has 1 aromatic carbocycles. The van der Waals surface area contributed by atoms with Crippen LogP contribution in [-0.4, -0.2) is 13.4 Å². The quantitative estimate of drug-likeness (QED) is 0.847. The predicted octanol–water partition coefficient (Wildman–Crippen LogP) is 2.13. The molecule has 20 heavy (non-hydrogen) atoms. The third kappa shape index (κ3) is 3.17. The fourth-order valence-corrected chi connectivity index (χ4v) is 3.66. The van der Waals surface area contributed by atoms with Gasteiger partial charge in [0.25, 0.3) is 0 Å². The lowest BCUT2D eigenvalue weighted by Gasteiger charge is -2.10. The maximum atomic E-state index is 12.2. The number of thiazole rings is 1. The smallest absolute Gasteiger partial charge is 0.241 e. The summed E-state index contributed by atoms with van der Waals surface area (Å²) in [6.45, 7) is 5.83. The number of rotatable bonds is 4. The van der Waals surface area contributed by atoms with Crippen LogP contribution in [0.1, 0.15) is 21.0 Å². The Morgan fingerprint density at radius 1 is 1.30 bits per heavy atom. The van der Waals surface area contributed by atoms with Crippen LogP contribution in [0.2, 0.25) is 0 Å². The van der Waals surface area contributed by atoms with Gasteiger partial charge >= 0.3 is 0 Å². The van der Waals surface area contributed by atoms with Crippen molar-refractivity contribution in [3.05, 3.63) is 39.3 Å². The average molecular weight is 311 g/mol. The fourth-order valence-electron chi connectivity index (χ4n) is 1.73. The Balaban J connectivity index is 2.22. The van der Waals surface area contributed by atoms with E-state index in [9.17, 15) is 8.42 Å². The number of nitrogens with one attached hydrogen (secondary N) is 1. The van der Waals surface area contributed by atoms with Gasteiger partial charge in [-0.1, -0.05) is 0 Å². The van der Waals surface area contributed by atoms with E-state index < -0.39 is 10.0 Å². The van der Waals surface area contributed by atoms with Gasteiger partial charge in [0.05, 0.1) is 11.4 Å². The Hall–Kier alpha value is -1.44. The minimum atomic E-state index is -3.57. The van der Waals surface area contributed by atoms with Crippen molar-refractivity contribution in [1.29, 1.82) is 0 Å². The number of aryl methyl sites for hydroxylation is 2. The second-order valence-corrected chi connectivity index (χ2v) is 7.73. The van der Waals surface area contributed by atoms with Crippen molar-refractivity contribution in [1.82, 2.24) is 9.71 Å². The van der Waals surface area contributed by atoms with Gasteiger partial charge in [-0.3, -0.25) is 0 Å². The Bertz CT molecular complexity index is 713. The summed E-state index contributed by atoms with van der Waals surface area (Å²) in [6, 6.07) is 3.11.